The van der Waals surface area contributed by atoms with E-state index in [1.807, 2.05) is 6.92 Å². The highest BCUT2D eigenvalue weighted by molar-refractivity contribution is 5.50. The number of phenolic OH excluding ortho intramolecular Hbond substituents is 2. The Bertz CT molecular complexity index is 659. The van der Waals surface area contributed by atoms with Crippen molar-refractivity contribution < 1.29 is 14.3 Å². The van der Waals surface area contributed by atoms with Crippen molar-refractivity contribution >= 4 is 0 Å². The minimum atomic E-state index is -2.04. The molecule has 1 aromatic rings. The molecule has 1 aliphatic rings. The van der Waals surface area contributed by atoms with Crippen LogP contribution in [0.1, 0.15) is 61.1 Å². The summed E-state index contributed by atoms with van der Waals surface area (Å²) in [5.74, 6) is 0.150. The van der Waals surface area contributed by atoms with Gasteiger partial charge in [0.2, 0.25) is 0 Å². The molecule has 0 bridgehead atoms. The van der Waals surface area contributed by atoms with E-state index >= 15 is 0 Å². The Kier molecular flexibility index (Phi) is 3.62. The van der Waals surface area contributed by atoms with Crippen molar-refractivity contribution in [3.8, 4) is 11.5 Å². The number of rotatable bonds is 4. The molecular formula is C19H26O2. The first-order chi connectivity index (χ1) is 11.1. The molecule has 2 atom stereocenters. The summed E-state index contributed by atoms with van der Waals surface area (Å²) in [5, 5.41) is 20.3. The molecule has 2 N–H and O–H groups in total. The minimum Gasteiger partial charge on any atom is -0.508 e. The summed E-state index contributed by atoms with van der Waals surface area (Å²) in [5.41, 5.74) is 3.74. The third-order valence-corrected chi connectivity index (χ3v) is 4.34. The SMILES string of the molecule is [2H]C([2H])([2H])CCc1cc(O)cc(O)c1[C@@H]1C=C(C)CC[C@H]1C(=C)C. The summed E-state index contributed by atoms with van der Waals surface area (Å²) in [6.45, 7) is 6.12. The largest absolute Gasteiger partial charge is 0.508 e. The molecule has 0 fully saturated rings. The molecule has 2 rings (SSSR count). The Hall–Kier alpha value is -1.70. The van der Waals surface area contributed by atoms with Crippen molar-refractivity contribution in [3.63, 3.8) is 0 Å². The quantitative estimate of drug-likeness (QED) is 0.760. The van der Waals surface area contributed by atoms with Crippen LogP contribution in [0.5, 0.6) is 11.5 Å². The molecule has 0 aromatic heterocycles. The zero-order chi connectivity index (χ0) is 18.1. The molecule has 2 nitrogen and oxygen atoms in total. The van der Waals surface area contributed by atoms with Crippen molar-refractivity contribution in [2.24, 2.45) is 5.92 Å². The summed E-state index contributed by atoms with van der Waals surface area (Å²) < 4.78 is 22.3. The lowest BCUT2D eigenvalue weighted by Crippen LogP contribution is -2.18. The topological polar surface area (TPSA) is 40.5 Å². The molecule has 0 saturated carbocycles. The first kappa shape index (κ1) is 11.9. The predicted molar refractivity (Wildman–Crippen MR) is 87.8 cm³/mol. The Morgan fingerprint density at radius 2 is 2.19 bits per heavy atom. The molecular weight excluding hydrogens is 260 g/mol. The van der Waals surface area contributed by atoms with Gasteiger partial charge in [0.05, 0.1) is 0 Å². The van der Waals surface area contributed by atoms with Gasteiger partial charge in [-0.1, -0.05) is 37.1 Å². The van der Waals surface area contributed by atoms with Gasteiger partial charge in [-0.25, -0.2) is 0 Å². The summed E-state index contributed by atoms with van der Waals surface area (Å²) in [7, 11) is 0. The molecule has 114 valence electrons. The summed E-state index contributed by atoms with van der Waals surface area (Å²) >= 11 is 0. The zero-order valence-corrected chi connectivity index (χ0v) is 12.8. The first-order valence-electron chi connectivity index (χ1n) is 8.96. The van der Waals surface area contributed by atoms with Gasteiger partial charge < -0.3 is 10.2 Å². The second kappa shape index (κ2) is 6.38. The monoisotopic (exact) mass is 289 g/mol. The molecule has 21 heavy (non-hydrogen) atoms. The van der Waals surface area contributed by atoms with Gasteiger partial charge >= 0.3 is 0 Å². The maximum Gasteiger partial charge on any atom is 0.123 e. The van der Waals surface area contributed by atoms with E-state index in [2.05, 4.69) is 19.6 Å². The van der Waals surface area contributed by atoms with Crippen LogP contribution in [0.3, 0.4) is 0 Å². The van der Waals surface area contributed by atoms with E-state index in [0.29, 0.717) is 12.0 Å². The molecule has 1 aromatic carbocycles. The standard InChI is InChI=1S/C19H26O2/c1-5-6-14-10-15(20)11-18(21)19(14)17-9-13(4)7-8-16(17)12(2)3/h9-11,16-17,20-21H,2,5-8H2,1,3-4H3/t16-,17+/m0/s1/i1D3. The molecule has 0 amide bonds. The molecule has 0 radical (unpaired) electrons. The summed E-state index contributed by atoms with van der Waals surface area (Å²) in [4.78, 5) is 0. The number of aromatic hydroxyl groups is 2. The third kappa shape index (κ3) is 3.31. The van der Waals surface area contributed by atoms with E-state index in [-0.39, 0.29) is 29.8 Å². The van der Waals surface area contributed by atoms with Crippen molar-refractivity contribution in [3.05, 3.63) is 47.1 Å². The number of hydrogen-bond acceptors (Lipinski definition) is 2. The number of phenols is 2. The maximum absolute atomic E-state index is 10.5. The predicted octanol–water partition coefficient (Wildman–Crippen LogP) is 5.07. The Morgan fingerprint density at radius 3 is 2.86 bits per heavy atom. The van der Waals surface area contributed by atoms with Gasteiger partial charge in [0.25, 0.3) is 0 Å². The highest BCUT2D eigenvalue weighted by atomic mass is 16.3. The highest BCUT2D eigenvalue weighted by Gasteiger charge is 2.29. The second-order valence-electron chi connectivity index (χ2n) is 6.07. The first-order valence-corrected chi connectivity index (χ1v) is 7.46. The molecule has 0 spiro atoms. The summed E-state index contributed by atoms with van der Waals surface area (Å²) in [6.07, 6.45) is 4.41. The van der Waals surface area contributed by atoms with Crippen molar-refractivity contribution in [2.75, 3.05) is 0 Å². The summed E-state index contributed by atoms with van der Waals surface area (Å²) in [6, 6.07) is 2.91. The highest BCUT2D eigenvalue weighted by Crippen LogP contribution is 2.45. The minimum absolute atomic E-state index is 0.00997. The lowest BCUT2D eigenvalue weighted by Gasteiger charge is -2.32. The van der Waals surface area contributed by atoms with E-state index in [4.69, 9.17) is 4.11 Å². The molecule has 2 heteroatoms. The second-order valence-corrected chi connectivity index (χ2v) is 6.07. The molecule has 0 heterocycles. The van der Waals surface area contributed by atoms with Gasteiger partial charge in [-0.05, 0) is 50.7 Å². The number of allylic oxidation sites excluding steroid dienone is 3. The fourth-order valence-corrected chi connectivity index (χ4v) is 3.31. The normalized spacial score (nSPS) is 24.7. The number of aryl methyl sites for hydroxylation is 1. The average molecular weight is 289 g/mol. The zero-order valence-electron chi connectivity index (χ0n) is 15.8. The lowest BCUT2D eigenvalue weighted by atomic mass is 9.72. The number of benzene rings is 1. The van der Waals surface area contributed by atoms with Crippen LogP contribution >= 0.6 is 0 Å². The van der Waals surface area contributed by atoms with Gasteiger partial charge in [0.15, 0.2) is 0 Å². The molecule has 0 unspecified atom stereocenters. The van der Waals surface area contributed by atoms with E-state index in [1.165, 1.54) is 11.6 Å². The Labute approximate surface area is 132 Å². The molecule has 0 saturated heterocycles. The Morgan fingerprint density at radius 1 is 1.43 bits per heavy atom. The van der Waals surface area contributed by atoms with Gasteiger partial charge in [0.1, 0.15) is 11.5 Å². The fraction of sp³-hybridized carbons (Fsp3) is 0.474. The van der Waals surface area contributed by atoms with Gasteiger partial charge in [0, 0.05) is 21.7 Å². The molecule has 0 aliphatic heterocycles. The number of hydrogen-bond donors (Lipinski definition) is 2. The van der Waals surface area contributed by atoms with Gasteiger partial charge in [-0.3, -0.25) is 0 Å². The Balaban J connectivity index is 2.50. The van der Waals surface area contributed by atoms with Crippen LogP contribution in [-0.2, 0) is 6.42 Å². The maximum atomic E-state index is 10.5. The molecule has 1 aliphatic carbocycles. The van der Waals surface area contributed by atoms with Crippen molar-refractivity contribution in [1.82, 2.24) is 0 Å². The van der Waals surface area contributed by atoms with Crippen LogP contribution in [0.4, 0.5) is 0 Å². The third-order valence-electron chi connectivity index (χ3n) is 4.34. The van der Waals surface area contributed by atoms with Crippen molar-refractivity contribution in [2.45, 2.75) is 52.3 Å². The van der Waals surface area contributed by atoms with Crippen LogP contribution in [0.2, 0.25) is 0 Å². The average Bonchev–Trinajstić information content (AvgIpc) is 2.43. The van der Waals surface area contributed by atoms with Crippen LogP contribution in [0.25, 0.3) is 0 Å². The van der Waals surface area contributed by atoms with E-state index in [0.717, 1.165) is 24.0 Å². The van der Waals surface area contributed by atoms with E-state index in [1.54, 1.807) is 6.07 Å². The van der Waals surface area contributed by atoms with E-state index in [9.17, 15) is 10.2 Å². The van der Waals surface area contributed by atoms with Gasteiger partial charge in [-0.2, -0.15) is 0 Å². The van der Waals surface area contributed by atoms with Crippen molar-refractivity contribution in [1.29, 1.82) is 0 Å². The van der Waals surface area contributed by atoms with Gasteiger partial charge in [-0.15, -0.1) is 0 Å². The smallest absolute Gasteiger partial charge is 0.123 e. The van der Waals surface area contributed by atoms with Crippen LogP contribution in [-0.4, -0.2) is 10.2 Å². The fourth-order valence-electron chi connectivity index (χ4n) is 3.31. The van der Waals surface area contributed by atoms with Crippen LogP contribution in [0.15, 0.2) is 35.9 Å². The lowest BCUT2D eigenvalue weighted by molar-refractivity contribution is 0.423. The van der Waals surface area contributed by atoms with Crippen LogP contribution < -0.4 is 0 Å². The van der Waals surface area contributed by atoms with E-state index < -0.39 is 6.85 Å². The van der Waals surface area contributed by atoms with Crippen LogP contribution in [0, 0.1) is 5.92 Å².